The van der Waals surface area contributed by atoms with Gasteiger partial charge in [0.15, 0.2) is 0 Å². The first-order valence-electron chi connectivity index (χ1n) is 5.92. The molecule has 0 spiro atoms. The molecule has 3 N–H and O–H groups in total. The number of carbonyl (C=O) groups is 1. The van der Waals surface area contributed by atoms with Crippen LogP contribution in [0.3, 0.4) is 0 Å². The molecule has 0 aromatic heterocycles. The van der Waals surface area contributed by atoms with Crippen molar-refractivity contribution in [2.24, 2.45) is 11.7 Å². The highest BCUT2D eigenvalue weighted by molar-refractivity contribution is 6.30. The van der Waals surface area contributed by atoms with E-state index in [0.717, 1.165) is 5.56 Å². The Kier molecular flexibility index (Phi) is 5.93. The van der Waals surface area contributed by atoms with Crippen LogP contribution in [0.25, 0.3) is 0 Å². The van der Waals surface area contributed by atoms with Crippen LogP contribution < -0.4 is 11.1 Å². The Labute approximate surface area is 118 Å². The molecule has 1 fully saturated rings. The van der Waals surface area contributed by atoms with E-state index in [1.54, 1.807) is 12.1 Å². The van der Waals surface area contributed by atoms with Gasteiger partial charge in [0.2, 0.25) is 5.91 Å². The van der Waals surface area contributed by atoms with Crippen molar-refractivity contribution in [1.82, 2.24) is 5.32 Å². The average molecular weight is 289 g/mol. The summed E-state index contributed by atoms with van der Waals surface area (Å²) in [5.74, 6) is 0.634. The van der Waals surface area contributed by atoms with Gasteiger partial charge in [0.05, 0.1) is 6.42 Å². The summed E-state index contributed by atoms with van der Waals surface area (Å²) in [6.45, 7) is 0.580. The molecule has 1 aliphatic rings. The van der Waals surface area contributed by atoms with Gasteiger partial charge in [-0.05, 0) is 36.5 Å². The molecule has 0 saturated heterocycles. The summed E-state index contributed by atoms with van der Waals surface area (Å²) in [6, 6.07) is 7.43. The van der Waals surface area contributed by atoms with E-state index in [-0.39, 0.29) is 24.4 Å². The monoisotopic (exact) mass is 288 g/mol. The SMILES string of the molecule is Cl.NC(CNC(=O)Cc1ccc(Cl)cc1)C1CC1. The van der Waals surface area contributed by atoms with Gasteiger partial charge in [-0.3, -0.25) is 4.79 Å². The van der Waals surface area contributed by atoms with Crippen molar-refractivity contribution in [3.8, 4) is 0 Å². The van der Waals surface area contributed by atoms with E-state index in [4.69, 9.17) is 17.3 Å². The summed E-state index contributed by atoms with van der Waals surface area (Å²) < 4.78 is 0. The Hall–Kier alpha value is -0.770. The largest absolute Gasteiger partial charge is 0.354 e. The van der Waals surface area contributed by atoms with E-state index in [9.17, 15) is 4.79 Å². The number of rotatable bonds is 5. The highest BCUT2D eigenvalue weighted by atomic mass is 35.5. The number of nitrogens with one attached hydrogen (secondary N) is 1. The summed E-state index contributed by atoms with van der Waals surface area (Å²) >= 11 is 5.78. The lowest BCUT2D eigenvalue weighted by atomic mass is 10.1. The normalized spacial score (nSPS) is 15.7. The molecule has 0 radical (unpaired) electrons. The van der Waals surface area contributed by atoms with Crippen molar-refractivity contribution in [3.63, 3.8) is 0 Å². The molecular formula is C13H18Cl2N2O. The maximum absolute atomic E-state index is 11.6. The van der Waals surface area contributed by atoms with Crippen LogP contribution in [0.5, 0.6) is 0 Å². The number of benzene rings is 1. The van der Waals surface area contributed by atoms with E-state index < -0.39 is 0 Å². The summed E-state index contributed by atoms with van der Waals surface area (Å²) in [6.07, 6.45) is 2.79. The van der Waals surface area contributed by atoms with Crippen molar-refractivity contribution in [3.05, 3.63) is 34.9 Å². The van der Waals surface area contributed by atoms with Gasteiger partial charge in [0.1, 0.15) is 0 Å². The highest BCUT2D eigenvalue weighted by Crippen LogP contribution is 2.31. The number of halogens is 2. The highest BCUT2D eigenvalue weighted by Gasteiger charge is 2.28. The van der Waals surface area contributed by atoms with Gasteiger partial charge < -0.3 is 11.1 Å². The molecule has 0 bridgehead atoms. The number of hydrogen-bond acceptors (Lipinski definition) is 2. The van der Waals surface area contributed by atoms with Gasteiger partial charge in [-0.15, -0.1) is 12.4 Å². The first-order chi connectivity index (χ1) is 8.15. The zero-order valence-electron chi connectivity index (χ0n) is 10.1. The fourth-order valence-corrected chi connectivity index (χ4v) is 1.90. The number of amides is 1. The third-order valence-corrected chi connectivity index (χ3v) is 3.29. The van der Waals surface area contributed by atoms with Crippen molar-refractivity contribution >= 4 is 29.9 Å². The van der Waals surface area contributed by atoms with Crippen LogP contribution in [-0.4, -0.2) is 18.5 Å². The van der Waals surface area contributed by atoms with Crippen LogP contribution in [0.2, 0.25) is 5.02 Å². The zero-order valence-corrected chi connectivity index (χ0v) is 11.6. The molecule has 1 aliphatic carbocycles. The number of hydrogen-bond donors (Lipinski definition) is 2. The second-order valence-electron chi connectivity index (χ2n) is 4.61. The smallest absolute Gasteiger partial charge is 0.224 e. The maximum Gasteiger partial charge on any atom is 0.224 e. The molecule has 0 aliphatic heterocycles. The van der Waals surface area contributed by atoms with Gasteiger partial charge in [0.25, 0.3) is 0 Å². The third kappa shape index (κ3) is 4.84. The Bertz CT molecular complexity index is 390. The molecule has 0 heterocycles. The Morgan fingerprint density at radius 3 is 2.56 bits per heavy atom. The Balaban J connectivity index is 0.00000162. The van der Waals surface area contributed by atoms with Crippen LogP contribution >= 0.6 is 24.0 Å². The van der Waals surface area contributed by atoms with Crippen molar-refractivity contribution < 1.29 is 4.79 Å². The molecule has 1 amide bonds. The average Bonchev–Trinajstić information content (AvgIpc) is 3.13. The van der Waals surface area contributed by atoms with E-state index in [1.165, 1.54) is 12.8 Å². The number of carbonyl (C=O) groups excluding carboxylic acids is 1. The molecule has 100 valence electrons. The lowest BCUT2D eigenvalue weighted by molar-refractivity contribution is -0.120. The fourth-order valence-electron chi connectivity index (χ4n) is 1.77. The first kappa shape index (κ1) is 15.3. The summed E-state index contributed by atoms with van der Waals surface area (Å²) in [4.78, 5) is 11.6. The van der Waals surface area contributed by atoms with Crippen LogP contribution in [0.15, 0.2) is 24.3 Å². The topological polar surface area (TPSA) is 55.1 Å². The van der Waals surface area contributed by atoms with Crippen molar-refractivity contribution in [2.45, 2.75) is 25.3 Å². The van der Waals surface area contributed by atoms with Crippen LogP contribution in [0.4, 0.5) is 0 Å². The van der Waals surface area contributed by atoms with Crippen LogP contribution in [0.1, 0.15) is 18.4 Å². The molecule has 1 saturated carbocycles. The van der Waals surface area contributed by atoms with E-state index >= 15 is 0 Å². The Morgan fingerprint density at radius 1 is 1.39 bits per heavy atom. The van der Waals surface area contributed by atoms with Crippen LogP contribution in [0, 0.1) is 5.92 Å². The third-order valence-electron chi connectivity index (χ3n) is 3.04. The molecule has 1 atom stereocenters. The lowest BCUT2D eigenvalue weighted by Gasteiger charge is -2.11. The van der Waals surface area contributed by atoms with Crippen molar-refractivity contribution in [1.29, 1.82) is 0 Å². The predicted octanol–water partition coefficient (Wildman–Crippen LogP) is 2.16. The molecule has 1 aromatic carbocycles. The minimum Gasteiger partial charge on any atom is -0.354 e. The second kappa shape index (κ2) is 6.98. The Morgan fingerprint density at radius 2 is 2.00 bits per heavy atom. The first-order valence-corrected chi connectivity index (χ1v) is 6.29. The van der Waals surface area contributed by atoms with Crippen molar-refractivity contribution in [2.75, 3.05) is 6.54 Å². The molecule has 1 aromatic rings. The standard InChI is InChI=1S/C13H17ClN2O.ClH/c14-11-5-1-9(2-6-11)7-13(17)16-8-12(15)10-3-4-10;/h1-2,5-6,10,12H,3-4,7-8,15H2,(H,16,17);1H. The quantitative estimate of drug-likeness (QED) is 0.872. The number of nitrogens with two attached hydrogens (primary N) is 1. The predicted molar refractivity (Wildman–Crippen MR) is 76.1 cm³/mol. The van der Waals surface area contributed by atoms with Crippen LogP contribution in [-0.2, 0) is 11.2 Å². The van der Waals surface area contributed by atoms with Gasteiger partial charge >= 0.3 is 0 Å². The molecule has 18 heavy (non-hydrogen) atoms. The van der Waals surface area contributed by atoms with E-state index in [2.05, 4.69) is 5.32 Å². The van der Waals surface area contributed by atoms with Gasteiger partial charge in [0, 0.05) is 17.6 Å². The molecule has 3 nitrogen and oxygen atoms in total. The summed E-state index contributed by atoms with van der Waals surface area (Å²) in [5.41, 5.74) is 6.87. The lowest BCUT2D eigenvalue weighted by Crippen LogP contribution is -2.39. The molecule has 1 unspecified atom stereocenters. The fraction of sp³-hybridized carbons (Fsp3) is 0.462. The molecule has 2 rings (SSSR count). The second-order valence-corrected chi connectivity index (χ2v) is 5.05. The maximum atomic E-state index is 11.6. The molecule has 5 heteroatoms. The van der Waals surface area contributed by atoms with Gasteiger partial charge in [-0.1, -0.05) is 23.7 Å². The van der Waals surface area contributed by atoms with E-state index in [0.29, 0.717) is 23.9 Å². The summed E-state index contributed by atoms with van der Waals surface area (Å²) in [5, 5.41) is 3.56. The minimum atomic E-state index is 0. The minimum absolute atomic E-state index is 0. The van der Waals surface area contributed by atoms with E-state index in [1.807, 2.05) is 12.1 Å². The summed E-state index contributed by atoms with van der Waals surface area (Å²) in [7, 11) is 0. The zero-order chi connectivity index (χ0) is 12.3. The van der Waals surface area contributed by atoms with Gasteiger partial charge in [-0.25, -0.2) is 0 Å². The van der Waals surface area contributed by atoms with Gasteiger partial charge in [-0.2, -0.15) is 0 Å². The molecular weight excluding hydrogens is 271 g/mol.